The number of benzene rings is 1. The Morgan fingerprint density at radius 2 is 2.07 bits per heavy atom. The molecule has 0 bridgehead atoms. The van der Waals surface area contributed by atoms with Crippen LogP contribution >= 0.6 is 0 Å². The number of hydrogen-bond acceptors (Lipinski definition) is 5. The van der Waals surface area contributed by atoms with E-state index in [-0.39, 0.29) is 17.5 Å². The van der Waals surface area contributed by atoms with Crippen molar-refractivity contribution in [3.63, 3.8) is 0 Å². The van der Waals surface area contributed by atoms with E-state index in [0.717, 1.165) is 34.6 Å². The minimum atomic E-state index is -4.63. The van der Waals surface area contributed by atoms with Gasteiger partial charge in [0.05, 0.1) is 0 Å². The molecule has 1 aliphatic heterocycles. The summed E-state index contributed by atoms with van der Waals surface area (Å²) in [5.74, 6) is -0.435. The predicted octanol–water partition coefficient (Wildman–Crippen LogP) is 2.53. The maximum Gasteiger partial charge on any atom is 0.433 e. The normalized spacial score (nSPS) is 15.0. The van der Waals surface area contributed by atoms with Crippen LogP contribution in [0.5, 0.6) is 0 Å². The van der Waals surface area contributed by atoms with Gasteiger partial charge in [0.1, 0.15) is 18.2 Å². The van der Waals surface area contributed by atoms with Gasteiger partial charge in [-0.15, -0.1) is 0 Å². The lowest BCUT2D eigenvalue weighted by molar-refractivity contribution is -0.141. The van der Waals surface area contributed by atoms with E-state index in [1.807, 2.05) is 24.3 Å². The standard InChI is InChI=1S/C17H15F3N6O/c1-10(15(27)25-7-6-11-4-2-3-5-12(11)25)23-14-8-13(17(18,19)20)24-16-21-9-22-26(14)16/h2-5,8-10,23H,6-7H2,1H3. The number of fused-ring (bicyclic) bond motifs is 2. The SMILES string of the molecule is CC(Nc1cc(C(F)(F)F)nc2ncnn12)C(=O)N1CCc2ccccc21. The number of carbonyl (C=O) groups excluding carboxylic acids is 1. The van der Waals surface area contributed by atoms with Crippen molar-refractivity contribution in [1.29, 1.82) is 0 Å². The van der Waals surface area contributed by atoms with Crippen molar-refractivity contribution < 1.29 is 18.0 Å². The van der Waals surface area contributed by atoms with Gasteiger partial charge < -0.3 is 10.2 Å². The van der Waals surface area contributed by atoms with Crippen molar-refractivity contribution >= 4 is 23.2 Å². The highest BCUT2D eigenvalue weighted by Crippen LogP contribution is 2.31. The molecule has 0 spiro atoms. The van der Waals surface area contributed by atoms with Crippen molar-refractivity contribution in [2.75, 3.05) is 16.8 Å². The van der Waals surface area contributed by atoms with E-state index in [1.165, 1.54) is 0 Å². The van der Waals surface area contributed by atoms with Crippen LogP contribution in [0.2, 0.25) is 0 Å². The molecule has 4 rings (SSSR count). The first-order valence-electron chi connectivity index (χ1n) is 8.28. The molecule has 0 radical (unpaired) electrons. The smallest absolute Gasteiger partial charge is 0.358 e. The maximum absolute atomic E-state index is 13.1. The fourth-order valence-electron chi connectivity index (χ4n) is 3.14. The second-order valence-corrected chi connectivity index (χ2v) is 6.23. The first-order valence-corrected chi connectivity index (χ1v) is 8.28. The van der Waals surface area contributed by atoms with E-state index >= 15 is 0 Å². The van der Waals surface area contributed by atoms with E-state index in [2.05, 4.69) is 20.4 Å². The number of halogens is 3. The summed E-state index contributed by atoms with van der Waals surface area (Å²) in [7, 11) is 0. The molecule has 3 aromatic rings. The summed E-state index contributed by atoms with van der Waals surface area (Å²) < 4.78 is 40.4. The van der Waals surface area contributed by atoms with Crippen LogP contribution in [0.25, 0.3) is 5.78 Å². The predicted molar refractivity (Wildman–Crippen MR) is 91.4 cm³/mol. The molecule has 27 heavy (non-hydrogen) atoms. The number of amides is 1. The van der Waals surface area contributed by atoms with E-state index in [1.54, 1.807) is 11.8 Å². The molecular formula is C17H15F3N6O. The highest BCUT2D eigenvalue weighted by Gasteiger charge is 2.35. The van der Waals surface area contributed by atoms with Crippen molar-refractivity contribution in [2.24, 2.45) is 0 Å². The monoisotopic (exact) mass is 376 g/mol. The molecule has 10 heteroatoms. The van der Waals surface area contributed by atoms with Gasteiger partial charge in [-0.3, -0.25) is 4.79 Å². The number of nitrogens with one attached hydrogen (secondary N) is 1. The van der Waals surface area contributed by atoms with Gasteiger partial charge in [0.15, 0.2) is 5.69 Å². The zero-order chi connectivity index (χ0) is 19.2. The highest BCUT2D eigenvalue weighted by molar-refractivity contribution is 6.00. The molecule has 3 heterocycles. The molecule has 1 N–H and O–H groups in total. The Morgan fingerprint density at radius 1 is 1.30 bits per heavy atom. The van der Waals surface area contributed by atoms with Crippen LogP contribution in [-0.4, -0.2) is 38.1 Å². The fourth-order valence-corrected chi connectivity index (χ4v) is 3.14. The minimum Gasteiger partial charge on any atom is -0.358 e. The number of aromatic nitrogens is 4. The number of rotatable bonds is 3. The second-order valence-electron chi connectivity index (χ2n) is 6.23. The molecule has 2 aromatic heterocycles. The lowest BCUT2D eigenvalue weighted by Crippen LogP contribution is -2.41. The van der Waals surface area contributed by atoms with Gasteiger partial charge in [-0.1, -0.05) is 18.2 Å². The van der Waals surface area contributed by atoms with Gasteiger partial charge in [-0.25, -0.2) is 4.98 Å². The van der Waals surface area contributed by atoms with E-state index in [4.69, 9.17) is 0 Å². The number of carbonyl (C=O) groups is 1. The molecule has 7 nitrogen and oxygen atoms in total. The van der Waals surface area contributed by atoms with Gasteiger partial charge >= 0.3 is 6.18 Å². The number of para-hydroxylation sites is 1. The average molecular weight is 376 g/mol. The van der Waals surface area contributed by atoms with E-state index in [9.17, 15) is 18.0 Å². The molecule has 0 aliphatic carbocycles. The van der Waals surface area contributed by atoms with Crippen LogP contribution < -0.4 is 10.2 Å². The molecule has 1 amide bonds. The third-order valence-electron chi connectivity index (χ3n) is 4.43. The molecule has 140 valence electrons. The van der Waals surface area contributed by atoms with Crippen LogP contribution in [0.1, 0.15) is 18.2 Å². The van der Waals surface area contributed by atoms with Gasteiger partial charge in [0, 0.05) is 18.3 Å². The summed E-state index contributed by atoms with van der Waals surface area (Å²) in [6.07, 6.45) is -2.78. The Hall–Kier alpha value is -3.17. The molecular weight excluding hydrogens is 361 g/mol. The number of alkyl halides is 3. The van der Waals surface area contributed by atoms with E-state index < -0.39 is 17.9 Å². The van der Waals surface area contributed by atoms with Gasteiger partial charge in [0.2, 0.25) is 5.91 Å². The van der Waals surface area contributed by atoms with Crippen molar-refractivity contribution in [1.82, 2.24) is 19.6 Å². The first-order chi connectivity index (χ1) is 12.8. The number of anilines is 2. The number of hydrogen-bond donors (Lipinski definition) is 1. The van der Waals surface area contributed by atoms with Gasteiger partial charge in [-0.2, -0.15) is 27.8 Å². The van der Waals surface area contributed by atoms with Gasteiger partial charge in [-0.05, 0) is 25.0 Å². The summed E-state index contributed by atoms with van der Waals surface area (Å²) in [5, 5.41) is 6.70. The summed E-state index contributed by atoms with van der Waals surface area (Å²) in [6.45, 7) is 2.13. The molecule has 0 saturated heterocycles. The Morgan fingerprint density at radius 3 is 2.85 bits per heavy atom. The summed E-state index contributed by atoms with van der Waals surface area (Å²) >= 11 is 0. The molecule has 1 atom stereocenters. The summed E-state index contributed by atoms with van der Waals surface area (Å²) in [6, 6.07) is 7.62. The van der Waals surface area contributed by atoms with Crippen LogP contribution in [0.3, 0.4) is 0 Å². The number of nitrogens with zero attached hydrogens (tertiary/aromatic N) is 5. The maximum atomic E-state index is 13.1. The second kappa shape index (κ2) is 6.22. The average Bonchev–Trinajstić information content (AvgIpc) is 3.27. The summed E-state index contributed by atoms with van der Waals surface area (Å²) in [5.41, 5.74) is 0.796. The lowest BCUT2D eigenvalue weighted by Gasteiger charge is -2.23. The molecule has 0 fully saturated rings. The molecule has 1 aliphatic rings. The van der Waals surface area contributed by atoms with Crippen LogP contribution in [0, 0.1) is 0 Å². The minimum absolute atomic E-state index is 0.00171. The van der Waals surface area contributed by atoms with Gasteiger partial charge in [0.25, 0.3) is 5.78 Å². The van der Waals surface area contributed by atoms with Crippen LogP contribution in [0.4, 0.5) is 24.7 Å². The summed E-state index contributed by atoms with van der Waals surface area (Å²) in [4.78, 5) is 21.7. The topological polar surface area (TPSA) is 75.4 Å². The fraction of sp³-hybridized carbons (Fsp3) is 0.294. The third kappa shape index (κ3) is 3.07. The van der Waals surface area contributed by atoms with E-state index in [0.29, 0.717) is 6.54 Å². The third-order valence-corrected chi connectivity index (χ3v) is 4.43. The zero-order valence-corrected chi connectivity index (χ0v) is 14.2. The Kier molecular flexibility index (Phi) is 3.97. The van der Waals surface area contributed by atoms with Crippen LogP contribution in [-0.2, 0) is 17.4 Å². The van der Waals surface area contributed by atoms with Crippen molar-refractivity contribution in [2.45, 2.75) is 25.6 Å². The Labute approximate surface area is 151 Å². The molecule has 1 unspecified atom stereocenters. The Balaban J connectivity index is 1.62. The largest absolute Gasteiger partial charge is 0.433 e. The Bertz CT molecular complexity index is 1020. The van der Waals surface area contributed by atoms with Crippen LogP contribution in [0.15, 0.2) is 36.7 Å². The molecule has 0 saturated carbocycles. The van der Waals surface area contributed by atoms with Crippen molar-refractivity contribution in [3.8, 4) is 0 Å². The zero-order valence-electron chi connectivity index (χ0n) is 14.2. The lowest BCUT2D eigenvalue weighted by atomic mass is 10.2. The first kappa shape index (κ1) is 17.3. The van der Waals surface area contributed by atoms with Crippen molar-refractivity contribution in [3.05, 3.63) is 47.9 Å². The highest BCUT2D eigenvalue weighted by atomic mass is 19.4. The quantitative estimate of drug-likeness (QED) is 0.760. The molecule has 1 aromatic carbocycles.